The van der Waals surface area contributed by atoms with Crippen LogP contribution in [0.5, 0.6) is 0 Å². The molecule has 0 unspecified atom stereocenters. The fourth-order valence-electron chi connectivity index (χ4n) is 2.59. The normalized spacial score (nSPS) is 20.6. The lowest BCUT2D eigenvalue weighted by Crippen LogP contribution is -2.25. The van der Waals surface area contributed by atoms with Gasteiger partial charge in [-0.15, -0.1) is 0 Å². The van der Waals surface area contributed by atoms with Crippen molar-refractivity contribution in [2.75, 3.05) is 18.8 Å². The Labute approximate surface area is 119 Å². The number of nitrogens with two attached hydrogens (primary N) is 1. The number of hydrogen-bond acceptors (Lipinski definition) is 2. The summed E-state index contributed by atoms with van der Waals surface area (Å²) >= 11 is 3.62. The number of anilines is 1. The van der Waals surface area contributed by atoms with E-state index in [0.717, 1.165) is 12.2 Å². The van der Waals surface area contributed by atoms with Crippen molar-refractivity contribution < 1.29 is 0 Å². The highest BCUT2D eigenvalue weighted by molar-refractivity contribution is 9.10. The van der Waals surface area contributed by atoms with E-state index in [9.17, 15) is 0 Å². The number of rotatable bonds is 2. The van der Waals surface area contributed by atoms with Crippen LogP contribution in [0.3, 0.4) is 0 Å². The summed E-state index contributed by atoms with van der Waals surface area (Å²) in [4.78, 5) is 2.55. The predicted molar refractivity (Wildman–Crippen MR) is 81.5 cm³/mol. The van der Waals surface area contributed by atoms with Crippen LogP contribution in [-0.4, -0.2) is 18.0 Å². The molecule has 1 aromatic carbocycles. The summed E-state index contributed by atoms with van der Waals surface area (Å²) in [5.74, 6) is 0. The second-order valence-corrected chi connectivity index (χ2v) is 7.00. The highest BCUT2D eigenvalue weighted by Crippen LogP contribution is 2.31. The minimum atomic E-state index is 0.502. The van der Waals surface area contributed by atoms with Crippen molar-refractivity contribution in [1.29, 1.82) is 0 Å². The Morgan fingerprint density at radius 2 is 2.06 bits per heavy atom. The van der Waals surface area contributed by atoms with Crippen LogP contribution in [0.2, 0.25) is 0 Å². The summed E-state index contributed by atoms with van der Waals surface area (Å²) in [5.41, 5.74) is 8.52. The van der Waals surface area contributed by atoms with Crippen LogP contribution in [0, 0.1) is 5.41 Å². The Balaban J connectivity index is 2.03. The van der Waals surface area contributed by atoms with Crippen molar-refractivity contribution in [1.82, 2.24) is 4.90 Å². The Bertz CT molecular complexity index is 415. The van der Waals surface area contributed by atoms with Gasteiger partial charge in [-0.2, -0.15) is 0 Å². The number of nitrogen functional groups attached to an aromatic ring is 1. The van der Waals surface area contributed by atoms with E-state index in [1.807, 2.05) is 12.1 Å². The van der Waals surface area contributed by atoms with Crippen molar-refractivity contribution in [3.8, 4) is 0 Å². The summed E-state index contributed by atoms with van der Waals surface area (Å²) in [5, 5.41) is 0. The quantitative estimate of drug-likeness (QED) is 0.835. The number of likely N-dealkylation sites (tertiary alicyclic amines) is 1. The molecule has 1 saturated heterocycles. The molecule has 100 valence electrons. The Hall–Kier alpha value is -0.540. The molecule has 2 rings (SSSR count). The van der Waals surface area contributed by atoms with Gasteiger partial charge in [-0.3, -0.25) is 4.90 Å². The van der Waals surface area contributed by atoms with E-state index in [-0.39, 0.29) is 0 Å². The third kappa shape index (κ3) is 3.72. The zero-order chi connectivity index (χ0) is 13.2. The van der Waals surface area contributed by atoms with Gasteiger partial charge >= 0.3 is 0 Å². The topological polar surface area (TPSA) is 29.3 Å². The molecule has 2 nitrogen and oxygen atoms in total. The molecule has 1 aromatic rings. The molecule has 2 N–H and O–H groups in total. The monoisotopic (exact) mass is 310 g/mol. The number of halogens is 1. The molecule has 3 heteroatoms. The van der Waals surface area contributed by atoms with Crippen molar-refractivity contribution >= 4 is 21.6 Å². The lowest BCUT2D eigenvalue weighted by atomic mass is 9.85. The van der Waals surface area contributed by atoms with Gasteiger partial charge in [0.2, 0.25) is 0 Å². The van der Waals surface area contributed by atoms with Gasteiger partial charge in [0.1, 0.15) is 0 Å². The molecule has 1 aliphatic heterocycles. The maximum Gasteiger partial charge on any atom is 0.0318 e. The average Bonchev–Trinajstić information content (AvgIpc) is 2.46. The molecule has 0 bridgehead atoms. The van der Waals surface area contributed by atoms with E-state index in [4.69, 9.17) is 5.73 Å². The maximum atomic E-state index is 5.87. The molecule has 0 saturated carbocycles. The molecule has 0 amide bonds. The summed E-state index contributed by atoms with van der Waals surface area (Å²) in [6.07, 6.45) is 3.92. The second-order valence-electron chi connectivity index (χ2n) is 6.14. The van der Waals surface area contributed by atoms with Crippen LogP contribution >= 0.6 is 15.9 Å². The molecule has 1 aliphatic rings. The third-order valence-electron chi connectivity index (χ3n) is 3.90. The van der Waals surface area contributed by atoms with Gasteiger partial charge in [0.15, 0.2) is 0 Å². The zero-order valence-electron chi connectivity index (χ0n) is 11.4. The second kappa shape index (κ2) is 5.62. The Morgan fingerprint density at radius 1 is 1.28 bits per heavy atom. The fourth-order valence-corrected chi connectivity index (χ4v) is 2.97. The van der Waals surface area contributed by atoms with E-state index >= 15 is 0 Å². The van der Waals surface area contributed by atoms with Crippen molar-refractivity contribution in [2.24, 2.45) is 5.41 Å². The van der Waals surface area contributed by atoms with Crippen LogP contribution in [0.1, 0.15) is 38.7 Å². The first-order valence-corrected chi connectivity index (χ1v) is 7.52. The van der Waals surface area contributed by atoms with Gasteiger partial charge in [0.05, 0.1) is 0 Å². The zero-order valence-corrected chi connectivity index (χ0v) is 13.0. The van der Waals surface area contributed by atoms with Crippen molar-refractivity contribution in [2.45, 2.75) is 39.7 Å². The van der Waals surface area contributed by atoms with Gasteiger partial charge in [-0.25, -0.2) is 0 Å². The maximum absolute atomic E-state index is 5.87. The molecule has 18 heavy (non-hydrogen) atoms. The predicted octanol–water partition coefficient (Wildman–Crippen LogP) is 4.04. The molecular weight excluding hydrogens is 288 g/mol. The molecule has 0 aliphatic carbocycles. The minimum absolute atomic E-state index is 0.502. The molecule has 1 heterocycles. The van der Waals surface area contributed by atoms with Gasteiger partial charge in [-0.1, -0.05) is 29.8 Å². The number of benzene rings is 1. The average molecular weight is 311 g/mol. The van der Waals surface area contributed by atoms with Crippen molar-refractivity contribution in [3.63, 3.8) is 0 Å². The van der Waals surface area contributed by atoms with E-state index in [2.05, 4.69) is 40.7 Å². The summed E-state index contributed by atoms with van der Waals surface area (Å²) in [6.45, 7) is 8.15. The van der Waals surface area contributed by atoms with E-state index in [1.165, 1.54) is 42.4 Å². The number of hydrogen-bond donors (Lipinski definition) is 1. The molecule has 0 aromatic heterocycles. The van der Waals surface area contributed by atoms with E-state index < -0.39 is 0 Å². The standard InChI is InChI=1S/C15H23BrN2/c1-15(2)6-3-8-18(9-7-15)11-12-10-13(17)4-5-14(12)16/h4-5,10H,3,6-9,11,17H2,1-2H3. The number of nitrogens with zero attached hydrogens (tertiary/aromatic N) is 1. The first kappa shape index (κ1) is 13.9. The van der Waals surface area contributed by atoms with Crippen LogP contribution in [0.25, 0.3) is 0 Å². The van der Waals surface area contributed by atoms with Crippen molar-refractivity contribution in [3.05, 3.63) is 28.2 Å². The lowest BCUT2D eigenvalue weighted by Gasteiger charge is -2.23. The largest absolute Gasteiger partial charge is 0.399 e. The summed E-state index contributed by atoms with van der Waals surface area (Å²) in [7, 11) is 0. The molecule has 1 fully saturated rings. The molecular formula is C15H23BrN2. The van der Waals surface area contributed by atoms with Crippen LogP contribution < -0.4 is 5.73 Å². The van der Waals surface area contributed by atoms with Gasteiger partial charge in [0, 0.05) is 16.7 Å². The summed E-state index contributed by atoms with van der Waals surface area (Å²) in [6, 6.07) is 6.08. The summed E-state index contributed by atoms with van der Waals surface area (Å²) < 4.78 is 1.17. The highest BCUT2D eigenvalue weighted by atomic mass is 79.9. The third-order valence-corrected chi connectivity index (χ3v) is 4.67. The van der Waals surface area contributed by atoms with Gasteiger partial charge < -0.3 is 5.73 Å². The minimum Gasteiger partial charge on any atom is -0.399 e. The first-order valence-electron chi connectivity index (χ1n) is 6.73. The van der Waals surface area contributed by atoms with Crippen LogP contribution in [0.4, 0.5) is 5.69 Å². The lowest BCUT2D eigenvalue weighted by molar-refractivity contribution is 0.255. The Kier molecular flexibility index (Phi) is 4.33. The molecule has 0 atom stereocenters. The first-order chi connectivity index (χ1) is 8.46. The molecule has 0 radical (unpaired) electrons. The van der Waals surface area contributed by atoms with E-state index in [0.29, 0.717) is 5.41 Å². The van der Waals surface area contributed by atoms with E-state index in [1.54, 1.807) is 0 Å². The fraction of sp³-hybridized carbons (Fsp3) is 0.600. The van der Waals surface area contributed by atoms with Crippen LogP contribution in [-0.2, 0) is 6.54 Å². The van der Waals surface area contributed by atoms with Gasteiger partial charge in [0.25, 0.3) is 0 Å². The SMILES string of the molecule is CC1(C)CCCN(Cc2cc(N)ccc2Br)CC1. The van der Waals surface area contributed by atoms with Gasteiger partial charge in [-0.05, 0) is 61.5 Å². The Morgan fingerprint density at radius 3 is 2.83 bits per heavy atom. The highest BCUT2D eigenvalue weighted by Gasteiger charge is 2.23. The smallest absolute Gasteiger partial charge is 0.0318 e. The van der Waals surface area contributed by atoms with Crippen LogP contribution in [0.15, 0.2) is 22.7 Å². The molecule has 0 spiro atoms.